The number of rotatable bonds is 5. The highest BCUT2D eigenvalue weighted by atomic mass is 32.2. The average Bonchev–Trinajstić information content (AvgIpc) is 2.90. The zero-order valence-electron chi connectivity index (χ0n) is 15.8. The van der Waals surface area contributed by atoms with Crippen LogP contribution >= 0.6 is 0 Å². The summed E-state index contributed by atoms with van der Waals surface area (Å²) in [6.07, 6.45) is 3.13. The Labute approximate surface area is 162 Å². The summed E-state index contributed by atoms with van der Waals surface area (Å²) in [6.45, 7) is 2.34. The molecule has 0 aromatic heterocycles. The molecule has 7 heteroatoms. The van der Waals surface area contributed by atoms with Gasteiger partial charge in [0.1, 0.15) is 11.9 Å². The SMILES string of the molecule is COCOc1ccc2c(c1)CCC1C2CC[C@@]2(C)C1C[C@H](O)[C@@H]2OS(=O)[O-]. The first kappa shape index (κ1) is 19.3. The Morgan fingerprint density at radius 3 is 2.93 bits per heavy atom. The average molecular weight is 395 g/mol. The highest BCUT2D eigenvalue weighted by molar-refractivity contribution is 7.74. The van der Waals surface area contributed by atoms with Crippen molar-refractivity contribution in [2.24, 2.45) is 17.3 Å². The number of benzene rings is 1. The fourth-order valence-corrected chi connectivity index (χ4v) is 6.52. The summed E-state index contributed by atoms with van der Waals surface area (Å²) >= 11 is -2.60. The lowest BCUT2D eigenvalue weighted by atomic mass is 9.55. The van der Waals surface area contributed by atoms with Gasteiger partial charge >= 0.3 is 0 Å². The number of methoxy groups -OCH3 is 1. The van der Waals surface area contributed by atoms with Crippen molar-refractivity contribution in [1.82, 2.24) is 0 Å². The number of aryl methyl sites for hydroxylation is 1. The molecule has 0 aliphatic heterocycles. The smallest absolute Gasteiger partial charge is 0.188 e. The molecule has 0 amide bonds. The molecule has 1 N–H and O–H groups in total. The van der Waals surface area contributed by atoms with Crippen molar-refractivity contribution < 1.29 is 27.5 Å². The van der Waals surface area contributed by atoms with E-state index in [4.69, 9.17) is 13.7 Å². The van der Waals surface area contributed by atoms with E-state index in [9.17, 15) is 13.9 Å². The van der Waals surface area contributed by atoms with Gasteiger partial charge in [0.25, 0.3) is 0 Å². The fourth-order valence-electron chi connectivity index (χ4n) is 6.00. The second-order valence-electron chi connectivity index (χ2n) is 8.40. The highest BCUT2D eigenvalue weighted by Gasteiger charge is 2.59. The van der Waals surface area contributed by atoms with Gasteiger partial charge in [0.2, 0.25) is 0 Å². The zero-order valence-corrected chi connectivity index (χ0v) is 16.6. The van der Waals surface area contributed by atoms with Crippen LogP contribution in [0, 0.1) is 17.3 Å². The fraction of sp³-hybridized carbons (Fsp3) is 0.700. The summed E-state index contributed by atoms with van der Waals surface area (Å²) in [6, 6.07) is 6.30. The van der Waals surface area contributed by atoms with Crippen LogP contribution in [0.2, 0.25) is 0 Å². The van der Waals surface area contributed by atoms with E-state index in [0.717, 1.165) is 31.4 Å². The molecule has 4 rings (SSSR count). The number of fused-ring (bicyclic) bond motifs is 5. The van der Waals surface area contributed by atoms with Gasteiger partial charge in [-0.2, -0.15) is 0 Å². The van der Waals surface area contributed by atoms with Crippen LogP contribution in [0.15, 0.2) is 18.2 Å². The third kappa shape index (κ3) is 3.34. The first-order valence-electron chi connectivity index (χ1n) is 9.63. The highest BCUT2D eigenvalue weighted by Crippen LogP contribution is 2.61. The maximum absolute atomic E-state index is 11.1. The lowest BCUT2D eigenvalue weighted by Crippen LogP contribution is -2.46. The molecule has 4 unspecified atom stereocenters. The van der Waals surface area contributed by atoms with E-state index >= 15 is 0 Å². The summed E-state index contributed by atoms with van der Waals surface area (Å²) in [5.41, 5.74) is 2.42. The minimum Gasteiger partial charge on any atom is -0.750 e. The Hall–Kier alpha value is -0.990. The third-order valence-corrected chi connectivity index (χ3v) is 7.52. The molecule has 0 heterocycles. The van der Waals surface area contributed by atoms with E-state index in [1.807, 2.05) is 6.07 Å². The summed E-state index contributed by atoms with van der Waals surface area (Å²) in [5.74, 6) is 2.01. The molecule has 0 spiro atoms. The zero-order chi connectivity index (χ0) is 19.2. The summed E-state index contributed by atoms with van der Waals surface area (Å²) in [7, 11) is 1.61. The van der Waals surface area contributed by atoms with Crippen LogP contribution in [0.25, 0.3) is 0 Å². The normalized spacial score (nSPS) is 38.6. The molecule has 7 atom stereocenters. The Bertz CT molecular complexity index is 724. The van der Waals surface area contributed by atoms with Crippen molar-refractivity contribution in [3.05, 3.63) is 29.3 Å². The van der Waals surface area contributed by atoms with E-state index < -0.39 is 23.6 Å². The number of aliphatic hydroxyl groups is 1. The topological polar surface area (TPSA) is 88.1 Å². The molecule has 6 nitrogen and oxygen atoms in total. The van der Waals surface area contributed by atoms with Crippen molar-refractivity contribution in [2.45, 2.75) is 57.2 Å². The maximum atomic E-state index is 11.1. The third-order valence-electron chi connectivity index (χ3n) is 7.16. The number of hydrogen-bond acceptors (Lipinski definition) is 6. The number of aliphatic hydroxyl groups excluding tert-OH is 1. The monoisotopic (exact) mass is 395 g/mol. The molecule has 1 aromatic carbocycles. The van der Waals surface area contributed by atoms with Crippen molar-refractivity contribution in [3.63, 3.8) is 0 Å². The van der Waals surface area contributed by atoms with Crippen LogP contribution < -0.4 is 4.74 Å². The van der Waals surface area contributed by atoms with Crippen LogP contribution in [0.5, 0.6) is 5.75 Å². The van der Waals surface area contributed by atoms with Gasteiger partial charge in [0.05, 0.1) is 17.5 Å². The van der Waals surface area contributed by atoms with E-state index in [1.165, 1.54) is 11.1 Å². The standard InChI is InChI=1S/C20H28O6S/c1-20-8-7-15-14-6-4-13(25-11-24-2)9-12(14)3-5-16(15)17(20)10-18(21)19(20)26-27(22)23/h4,6,9,15-19,21H,3,5,7-8,10-11H2,1-2H3,(H,22,23)/p-1/t15?,16?,17?,18-,19-,20-/m0/s1. The van der Waals surface area contributed by atoms with Crippen molar-refractivity contribution in [2.75, 3.05) is 13.9 Å². The predicted octanol–water partition coefficient (Wildman–Crippen LogP) is 2.68. The van der Waals surface area contributed by atoms with Gasteiger partial charge in [-0.15, -0.1) is 0 Å². The van der Waals surface area contributed by atoms with E-state index in [0.29, 0.717) is 18.3 Å². The lowest BCUT2D eigenvalue weighted by Gasteiger charge is -2.50. The molecule has 0 bridgehead atoms. The van der Waals surface area contributed by atoms with Crippen molar-refractivity contribution >= 4 is 11.4 Å². The Balaban J connectivity index is 1.58. The van der Waals surface area contributed by atoms with Gasteiger partial charge in [-0.3, -0.25) is 4.18 Å². The molecular formula is C20H27O6S-. The maximum Gasteiger partial charge on any atom is 0.188 e. The van der Waals surface area contributed by atoms with Gasteiger partial charge in [0, 0.05) is 12.5 Å². The molecule has 2 fully saturated rings. The van der Waals surface area contributed by atoms with Crippen LogP contribution in [-0.2, 0) is 26.7 Å². The second-order valence-corrected chi connectivity index (χ2v) is 9.00. The minimum absolute atomic E-state index is 0.242. The van der Waals surface area contributed by atoms with E-state index in [2.05, 4.69) is 19.1 Å². The Morgan fingerprint density at radius 1 is 1.37 bits per heavy atom. The van der Waals surface area contributed by atoms with Crippen LogP contribution in [0.1, 0.15) is 49.7 Å². The Morgan fingerprint density at radius 2 is 2.19 bits per heavy atom. The van der Waals surface area contributed by atoms with Gasteiger partial charge < -0.3 is 19.1 Å². The van der Waals surface area contributed by atoms with Crippen LogP contribution in [0.4, 0.5) is 0 Å². The van der Waals surface area contributed by atoms with Gasteiger partial charge in [0.15, 0.2) is 6.79 Å². The largest absolute Gasteiger partial charge is 0.750 e. The van der Waals surface area contributed by atoms with Gasteiger partial charge in [-0.05, 0) is 73.1 Å². The first-order valence-corrected chi connectivity index (χ1v) is 10.6. The van der Waals surface area contributed by atoms with Crippen molar-refractivity contribution in [3.8, 4) is 5.75 Å². The molecule has 0 saturated heterocycles. The van der Waals surface area contributed by atoms with Gasteiger partial charge in [-0.25, -0.2) is 4.21 Å². The lowest BCUT2D eigenvalue weighted by molar-refractivity contribution is -0.0334. The molecule has 2 saturated carbocycles. The molecule has 3 aliphatic carbocycles. The molecule has 3 aliphatic rings. The van der Waals surface area contributed by atoms with Gasteiger partial charge in [-0.1, -0.05) is 13.0 Å². The molecule has 27 heavy (non-hydrogen) atoms. The quantitative estimate of drug-likeness (QED) is 0.609. The van der Waals surface area contributed by atoms with Crippen LogP contribution in [-0.4, -0.2) is 40.0 Å². The molecule has 150 valence electrons. The van der Waals surface area contributed by atoms with Crippen LogP contribution in [0.3, 0.4) is 0 Å². The number of hydrogen-bond donors (Lipinski definition) is 1. The molecular weight excluding hydrogens is 368 g/mol. The summed E-state index contributed by atoms with van der Waals surface area (Å²) in [4.78, 5) is 0. The number of ether oxygens (including phenoxy) is 2. The second kappa shape index (κ2) is 7.44. The summed E-state index contributed by atoms with van der Waals surface area (Å²) in [5, 5.41) is 10.5. The van der Waals surface area contributed by atoms with E-state index in [1.54, 1.807) is 7.11 Å². The van der Waals surface area contributed by atoms with Crippen molar-refractivity contribution in [1.29, 1.82) is 0 Å². The predicted molar refractivity (Wildman–Crippen MR) is 98.7 cm³/mol. The summed E-state index contributed by atoms with van der Waals surface area (Å²) < 4.78 is 37.9. The molecule has 1 aromatic rings. The first-order chi connectivity index (χ1) is 12.9. The van der Waals surface area contributed by atoms with E-state index in [-0.39, 0.29) is 18.1 Å². The minimum atomic E-state index is -2.60. The Kier molecular flexibility index (Phi) is 5.33. The molecule has 0 radical (unpaired) electrons.